The van der Waals surface area contributed by atoms with Gasteiger partial charge in [0.2, 0.25) is 5.13 Å². The third-order valence-corrected chi connectivity index (χ3v) is 4.25. The van der Waals surface area contributed by atoms with E-state index in [4.69, 9.17) is 5.73 Å². The number of nitrogens with one attached hydrogen (secondary N) is 1. The topological polar surface area (TPSA) is 85.8 Å². The van der Waals surface area contributed by atoms with Gasteiger partial charge in [-0.05, 0) is 13.0 Å². The fourth-order valence-electron chi connectivity index (χ4n) is 2.28. The number of hydrogen-bond donors (Lipinski definition) is 2. The third kappa shape index (κ3) is 2.47. The van der Waals surface area contributed by atoms with Crippen molar-refractivity contribution < 1.29 is 4.79 Å². The molecule has 0 saturated carbocycles. The molecule has 0 aliphatic rings. The van der Waals surface area contributed by atoms with Gasteiger partial charge in [0.05, 0.1) is 11.6 Å². The Labute approximate surface area is 125 Å². The van der Waals surface area contributed by atoms with Gasteiger partial charge in [-0.3, -0.25) is 4.79 Å². The number of nitrogens with zero attached hydrogens (tertiary/aromatic N) is 3. The van der Waals surface area contributed by atoms with Gasteiger partial charge in [0.15, 0.2) is 0 Å². The second-order valence-corrected chi connectivity index (χ2v) is 5.89. The van der Waals surface area contributed by atoms with Gasteiger partial charge in [-0.1, -0.05) is 29.5 Å². The number of carbonyl (C=O) groups is 1. The second-order valence-electron chi connectivity index (χ2n) is 4.84. The predicted octanol–water partition coefficient (Wildman–Crippen LogP) is 2.10. The molecule has 7 heteroatoms. The lowest BCUT2D eigenvalue weighted by atomic mass is 10.1. The second kappa shape index (κ2) is 5.17. The Hall–Kier alpha value is -2.41. The summed E-state index contributed by atoms with van der Waals surface area (Å²) in [6.07, 6.45) is 1.83. The maximum atomic E-state index is 12.5. The van der Waals surface area contributed by atoms with Crippen LogP contribution < -0.4 is 11.1 Å². The lowest BCUT2D eigenvalue weighted by molar-refractivity contribution is 0.0941. The molecule has 0 saturated heterocycles. The summed E-state index contributed by atoms with van der Waals surface area (Å²) in [5.74, 6) is -0.131. The third-order valence-electron chi connectivity index (χ3n) is 3.32. The van der Waals surface area contributed by atoms with E-state index in [0.29, 0.717) is 15.7 Å². The lowest BCUT2D eigenvalue weighted by Crippen LogP contribution is -2.26. The van der Waals surface area contributed by atoms with E-state index in [9.17, 15) is 4.79 Å². The minimum absolute atomic E-state index is 0.131. The van der Waals surface area contributed by atoms with Gasteiger partial charge in [-0.25, -0.2) is 0 Å². The zero-order valence-electron chi connectivity index (χ0n) is 11.7. The number of hydrogen-bond acceptors (Lipinski definition) is 5. The van der Waals surface area contributed by atoms with Gasteiger partial charge in [0, 0.05) is 24.1 Å². The molecular weight excluding hydrogens is 286 g/mol. The zero-order valence-corrected chi connectivity index (χ0v) is 12.5. The number of fused-ring (bicyclic) bond motifs is 1. The van der Waals surface area contributed by atoms with Crippen molar-refractivity contribution in [2.75, 3.05) is 5.73 Å². The minimum atomic E-state index is -0.230. The largest absolute Gasteiger partial charge is 0.374 e. The molecule has 0 bridgehead atoms. The molecule has 1 unspecified atom stereocenters. The number of nitrogens with two attached hydrogens (primary N) is 1. The summed E-state index contributed by atoms with van der Waals surface area (Å²) >= 11 is 1.28. The van der Waals surface area contributed by atoms with Crippen molar-refractivity contribution in [3.63, 3.8) is 0 Å². The van der Waals surface area contributed by atoms with Crippen molar-refractivity contribution in [1.82, 2.24) is 20.1 Å². The van der Waals surface area contributed by atoms with E-state index in [-0.39, 0.29) is 11.9 Å². The number of anilines is 1. The Morgan fingerprint density at radius 1 is 1.38 bits per heavy atom. The molecule has 0 aliphatic heterocycles. The molecule has 3 N–H and O–H groups in total. The van der Waals surface area contributed by atoms with Gasteiger partial charge in [-0.2, -0.15) is 0 Å². The zero-order chi connectivity index (χ0) is 15.0. The van der Waals surface area contributed by atoms with Crippen LogP contribution in [0.3, 0.4) is 0 Å². The normalized spacial score (nSPS) is 12.5. The average molecular weight is 301 g/mol. The molecule has 21 heavy (non-hydrogen) atoms. The van der Waals surface area contributed by atoms with Crippen LogP contribution in [0.15, 0.2) is 30.5 Å². The highest BCUT2D eigenvalue weighted by molar-refractivity contribution is 7.15. The number of nitrogen functional groups attached to an aromatic ring is 1. The highest BCUT2D eigenvalue weighted by Crippen LogP contribution is 2.23. The van der Waals surface area contributed by atoms with E-state index in [0.717, 1.165) is 10.9 Å². The Morgan fingerprint density at radius 2 is 2.14 bits per heavy atom. The van der Waals surface area contributed by atoms with E-state index in [2.05, 4.69) is 15.5 Å². The first kappa shape index (κ1) is 13.6. The maximum absolute atomic E-state index is 12.5. The first-order valence-corrected chi connectivity index (χ1v) is 7.31. The average Bonchev–Trinajstić information content (AvgIpc) is 3.04. The van der Waals surface area contributed by atoms with Crippen LogP contribution >= 0.6 is 11.3 Å². The van der Waals surface area contributed by atoms with Gasteiger partial charge in [-0.15, -0.1) is 10.2 Å². The van der Waals surface area contributed by atoms with Crippen molar-refractivity contribution in [3.8, 4) is 0 Å². The van der Waals surface area contributed by atoms with Crippen molar-refractivity contribution in [2.45, 2.75) is 13.0 Å². The Bertz CT molecular complexity index is 807. The molecule has 0 spiro atoms. The predicted molar refractivity (Wildman–Crippen MR) is 83.1 cm³/mol. The number of amides is 1. The maximum Gasteiger partial charge on any atom is 0.254 e. The molecular formula is C14H15N5OS. The van der Waals surface area contributed by atoms with Crippen LogP contribution in [0.1, 0.15) is 28.3 Å². The van der Waals surface area contributed by atoms with E-state index in [1.807, 2.05) is 49.0 Å². The van der Waals surface area contributed by atoms with Crippen LogP contribution in [0.25, 0.3) is 10.9 Å². The molecule has 3 aromatic rings. The summed E-state index contributed by atoms with van der Waals surface area (Å²) in [6.45, 7) is 1.86. The number of rotatable bonds is 3. The molecule has 108 valence electrons. The summed E-state index contributed by atoms with van der Waals surface area (Å²) in [5.41, 5.74) is 7.24. The highest BCUT2D eigenvalue weighted by Gasteiger charge is 2.18. The lowest BCUT2D eigenvalue weighted by Gasteiger charge is -2.09. The summed E-state index contributed by atoms with van der Waals surface area (Å²) in [5, 5.41) is 12.7. The molecule has 2 heterocycles. The van der Waals surface area contributed by atoms with Gasteiger partial charge in [0.25, 0.3) is 5.91 Å². The summed E-state index contributed by atoms with van der Waals surface area (Å²) in [4.78, 5) is 12.5. The number of carbonyl (C=O) groups excluding carboxylic acids is 1. The summed E-state index contributed by atoms with van der Waals surface area (Å²) < 4.78 is 1.94. The van der Waals surface area contributed by atoms with Crippen molar-refractivity contribution >= 4 is 33.3 Å². The Morgan fingerprint density at radius 3 is 2.86 bits per heavy atom. The fourth-order valence-corrected chi connectivity index (χ4v) is 2.89. The molecule has 0 fully saturated rings. The van der Waals surface area contributed by atoms with Crippen LogP contribution in [0.5, 0.6) is 0 Å². The number of aromatic nitrogens is 3. The molecule has 1 aromatic carbocycles. The van der Waals surface area contributed by atoms with Gasteiger partial charge < -0.3 is 15.6 Å². The van der Waals surface area contributed by atoms with Gasteiger partial charge >= 0.3 is 0 Å². The van der Waals surface area contributed by atoms with Crippen LogP contribution in [0.2, 0.25) is 0 Å². The molecule has 3 rings (SSSR count). The first-order chi connectivity index (χ1) is 10.1. The minimum Gasteiger partial charge on any atom is -0.374 e. The first-order valence-electron chi connectivity index (χ1n) is 6.50. The van der Waals surface area contributed by atoms with E-state index >= 15 is 0 Å². The van der Waals surface area contributed by atoms with Crippen LogP contribution in [0, 0.1) is 0 Å². The number of aryl methyl sites for hydroxylation is 1. The molecule has 6 nitrogen and oxygen atoms in total. The quantitative estimate of drug-likeness (QED) is 0.775. The molecule has 0 radical (unpaired) electrons. The van der Waals surface area contributed by atoms with E-state index in [1.54, 1.807) is 0 Å². The Balaban J connectivity index is 1.87. The molecule has 0 aliphatic carbocycles. The number of para-hydroxylation sites is 1. The smallest absolute Gasteiger partial charge is 0.254 e. The molecule has 1 atom stereocenters. The van der Waals surface area contributed by atoms with Crippen LogP contribution in [-0.4, -0.2) is 20.7 Å². The summed E-state index contributed by atoms with van der Waals surface area (Å²) in [6, 6.07) is 7.58. The molecule has 2 aromatic heterocycles. The number of benzene rings is 1. The van der Waals surface area contributed by atoms with Crippen LogP contribution in [0.4, 0.5) is 5.13 Å². The Kier molecular flexibility index (Phi) is 3.34. The SMILES string of the molecule is CC(NC(=O)c1cn(C)c2ccccc12)c1nnc(N)s1. The van der Waals surface area contributed by atoms with Gasteiger partial charge in [0.1, 0.15) is 5.01 Å². The monoisotopic (exact) mass is 301 g/mol. The van der Waals surface area contributed by atoms with Crippen molar-refractivity contribution in [3.05, 3.63) is 41.0 Å². The highest BCUT2D eigenvalue weighted by atomic mass is 32.1. The van der Waals surface area contributed by atoms with E-state index in [1.165, 1.54) is 11.3 Å². The summed E-state index contributed by atoms with van der Waals surface area (Å²) in [7, 11) is 1.92. The van der Waals surface area contributed by atoms with Crippen molar-refractivity contribution in [2.24, 2.45) is 7.05 Å². The standard InChI is InChI=1S/C14H15N5OS/c1-8(13-17-18-14(15)21-13)16-12(20)10-7-19(2)11-6-4-3-5-9(10)11/h3-8H,1-2H3,(H2,15,18)(H,16,20). The van der Waals surface area contributed by atoms with Crippen LogP contribution in [-0.2, 0) is 7.05 Å². The molecule has 1 amide bonds. The fraction of sp³-hybridized carbons (Fsp3) is 0.214. The van der Waals surface area contributed by atoms with E-state index < -0.39 is 0 Å². The van der Waals surface area contributed by atoms with Crippen molar-refractivity contribution in [1.29, 1.82) is 0 Å².